The highest BCUT2D eigenvalue weighted by atomic mass is 32.2. The van der Waals surface area contributed by atoms with Crippen molar-refractivity contribution >= 4 is 35.0 Å². The van der Waals surface area contributed by atoms with E-state index >= 15 is 0 Å². The average molecular weight is 381 g/mol. The van der Waals surface area contributed by atoms with E-state index in [4.69, 9.17) is 5.11 Å². The number of rotatable bonds is 5. The summed E-state index contributed by atoms with van der Waals surface area (Å²) >= 11 is 1.08. The summed E-state index contributed by atoms with van der Waals surface area (Å²) in [5.74, 6) is -1.37. The number of carbonyl (C=O) groups excluding carboxylic acids is 1. The Hall–Kier alpha value is -2.93. The number of thioether (sulfide) groups is 1. The molecule has 138 valence electrons. The molecule has 1 unspecified atom stereocenters. The van der Waals surface area contributed by atoms with Crippen molar-refractivity contribution in [3.63, 3.8) is 0 Å². The van der Waals surface area contributed by atoms with Crippen LogP contribution in [0.1, 0.15) is 23.1 Å². The molecule has 0 aliphatic carbocycles. The van der Waals surface area contributed by atoms with Crippen LogP contribution in [0.15, 0.2) is 52.7 Å². The molecule has 2 aromatic carbocycles. The zero-order valence-electron chi connectivity index (χ0n) is 15.0. The van der Waals surface area contributed by atoms with Crippen LogP contribution >= 0.6 is 11.8 Å². The number of amidine groups is 1. The van der Waals surface area contributed by atoms with Crippen LogP contribution in [0, 0.1) is 13.8 Å². The second kappa shape index (κ2) is 8.18. The van der Waals surface area contributed by atoms with Gasteiger partial charge < -0.3 is 10.4 Å². The number of benzene rings is 2. The Bertz CT molecular complexity index is 933. The lowest BCUT2D eigenvalue weighted by Gasteiger charge is -2.06. The van der Waals surface area contributed by atoms with Gasteiger partial charge in [-0.1, -0.05) is 59.3 Å². The number of nitrogens with one attached hydrogen (secondary N) is 1. The number of hydrogen-bond donors (Lipinski definition) is 2. The van der Waals surface area contributed by atoms with Gasteiger partial charge in [-0.3, -0.25) is 9.59 Å². The maximum Gasteiger partial charge on any atom is 0.305 e. The normalized spacial score (nSPS) is 18.2. The fourth-order valence-electron chi connectivity index (χ4n) is 2.83. The van der Waals surface area contributed by atoms with Crippen molar-refractivity contribution in [2.75, 3.05) is 0 Å². The Balaban J connectivity index is 1.73. The minimum atomic E-state index is -1.02. The molecular weight excluding hydrogens is 362 g/mol. The first-order valence-electron chi connectivity index (χ1n) is 8.40. The Morgan fingerprint density at radius 1 is 1.19 bits per heavy atom. The number of carboxylic acids is 1. The third-order valence-corrected chi connectivity index (χ3v) is 5.01. The second-order valence-electron chi connectivity index (χ2n) is 6.35. The highest BCUT2D eigenvalue weighted by Gasteiger charge is 2.32. The summed E-state index contributed by atoms with van der Waals surface area (Å²) in [6, 6.07) is 14.3. The van der Waals surface area contributed by atoms with Crippen LogP contribution in [0.3, 0.4) is 0 Å². The van der Waals surface area contributed by atoms with Crippen molar-refractivity contribution < 1.29 is 14.7 Å². The van der Waals surface area contributed by atoms with Gasteiger partial charge in [0.05, 0.1) is 12.6 Å². The molecule has 1 atom stereocenters. The maximum atomic E-state index is 11.7. The van der Waals surface area contributed by atoms with Crippen LogP contribution in [0.4, 0.5) is 0 Å². The SMILES string of the molecule is Cc1cc(C)cc(-c2cccc(C=NN=C3NC(=O)C(CC(=O)O)S3)c2)c1. The molecule has 1 aliphatic rings. The number of amides is 1. The number of aryl methyl sites for hydroxylation is 2. The van der Waals surface area contributed by atoms with Gasteiger partial charge in [0, 0.05) is 0 Å². The van der Waals surface area contributed by atoms with Crippen LogP contribution < -0.4 is 5.32 Å². The van der Waals surface area contributed by atoms with Gasteiger partial charge >= 0.3 is 5.97 Å². The number of aliphatic carboxylic acids is 1. The van der Waals surface area contributed by atoms with Crippen molar-refractivity contribution in [3.8, 4) is 11.1 Å². The third-order valence-electron chi connectivity index (χ3n) is 3.93. The molecule has 1 saturated heterocycles. The smallest absolute Gasteiger partial charge is 0.305 e. The van der Waals surface area contributed by atoms with Crippen molar-refractivity contribution in [3.05, 3.63) is 59.2 Å². The van der Waals surface area contributed by atoms with Crippen molar-refractivity contribution in [2.45, 2.75) is 25.5 Å². The predicted molar refractivity (Wildman–Crippen MR) is 108 cm³/mol. The summed E-state index contributed by atoms with van der Waals surface area (Å²) in [7, 11) is 0. The molecule has 27 heavy (non-hydrogen) atoms. The fraction of sp³-hybridized carbons (Fsp3) is 0.200. The molecule has 1 fully saturated rings. The molecule has 2 N–H and O–H groups in total. The quantitative estimate of drug-likeness (QED) is 0.614. The number of hydrogen-bond acceptors (Lipinski definition) is 5. The van der Waals surface area contributed by atoms with E-state index in [1.807, 2.05) is 24.3 Å². The molecule has 1 heterocycles. The highest BCUT2D eigenvalue weighted by Crippen LogP contribution is 2.24. The van der Waals surface area contributed by atoms with Gasteiger partial charge in [-0.25, -0.2) is 0 Å². The molecule has 0 aromatic heterocycles. The predicted octanol–water partition coefficient (Wildman–Crippen LogP) is 3.37. The highest BCUT2D eigenvalue weighted by molar-refractivity contribution is 8.15. The number of carboxylic acid groups (broad SMARTS) is 1. The summed E-state index contributed by atoms with van der Waals surface area (Å²) in [6.07, 6.45) is 1.37. The summed E-state index contributed by atoms with van der Waals surface area (Å²) in [5.41, 5.74) is 5.53. The van der Waals surface area contributed by atoms with Crippen LogP contribution in [0.25, 0.3) is 11.1 Å². The van der Waals surface area contributed by atoms with E-state index in [0.717, 1.165) is 28.5 Å². The van der Waals surface area contributed by atoms with E-state index < -0.39 is 11.2 Å². The molecule has 7 heteroatoms. The van der Waals surface area contributed by atoms with Crippen LogP contribution in [0.2, 0.25) is 0 Å². The zero-order chi connectivity index (χ0) is 19.4. The molecule has 3 rings (SSSR count). The Morgan fingerprint density at radius 2 is 1.93 bits per heavy atom. The topological polar surface area (TPSA) is 91.1 Å². The lowest BCUT2D eigenvalue weighted by Crippen LogP contribution is -2.26. The molecule has 2 aromatic rings. The monoisotopic (exact) mass is 381 g/mol. The summed E-state index contributed by atoms with van der Waals surface area (Å²) in [5, 5.41) is 19.0. The van der Waals surface area contributed by atoms with Gasteiger partial charge in [-0.15, -0.1) is 5.10 Å². The Kier molecular flexibility index (Phi) is 5.71. The van der Waals surface area contributed by atoms with E-state index in [1.54, 1.807) is 6.21 Å². The van der Waals surface area contributed by atoms with Crippen molar-refractivity contribution in [1.82, 2.24) is 5.32 Å². The molecule has 1 amide bonds. The van der Waals surface area contributed by atoms with E-state index in [1.165, 1.54) is 11.1 Å². The lowest BCUT2D eigenvalue weighted by atomic mass is 9.99. The summed E-state index contributed by atoms with van der Waals surface area (Å²) in [4.78, 5) is 22.4. The van der Waals surface area contributed by atoms with E-state index in [0.29, 0.717) is 5.17 Å². The second-order valence-corrected chi connectivity index (χ2v) is 7.54. The van der Waals surface area contributed by atoms with Gasteiger partial charge in [0.1, 0.15) is 5.25 Å². The number of nitrogens with zero attached hydrogens (tertiary/aromatic N) is 2. The molecule has 0 spiro atoms. The van der Waals surface area contributed by atoms with Crippen molar-refractivity contribution in [2.24, 2.45) is 10.2 Å². The van der Waals surface area contributed by atoms with Crippen LogP contribution in [-0.2, 0) is 9.59 Å². The van der Waals surface area contributed by atoms with Gasteiger partial charge in [0.15, 0.2) is 5.17 Å². The average Bonchev–Trinajstić information content (AvgIpc) is 2.93. The zero-order valence-corrected chi connectivity index (χ0v) is 15.8. The minimum absolute atomic E-state index is 0.239. The van der Waals surface area contributed by atoms with Gasteiger partial charge in [0.25, 0.3) is 0 Å². The molecule has 0 radical (unpaired) electrons. The first-order valence-corrected chi connectivity index (χ1v) is 9.28. The lowest BCUT2D eigenvalue weighted by molar-refractivity contribution is -0.138. The molecule has 6 nitrogen and oxygen atoms in total. The Morgan fingerprint density at radius 3 is 2.63 bits per heavy atom. The van der Waals surface area contributed by atoms with E-state index in [9.17, 15) is 9.59 Å². The third kappa shape index (κ3) is 5.04. The van der Waals surface area contributed by atoms with Crippen molar-refractivity contribution in [1.29, 1.82) is 0 Å². The van der Waals surface area contributed by atoms with Gasteiger partial charge in [0.2, 0.25) is 5.91 Å². The van der Waals surface area contributed by atoms with Gasteiger partial charge in [-0.2, -0.15) is 5.10 Å². The molecule has 0 bridgehead atoms. The summed E-state index contributed by atoms with van der Waals surface area (Å²) < 4.78 is 0. The first kappa shape index (κ1) is 18.8. The van der Waals surface area contributed by atoms with E-state index in [2.05, 4.69) is 47.6 Å². The summed E-state index contributed by atoms with van der Waals surface area (Å²) in [6.45, 7) is 4.15. The molecular formula is C20H19N3O3S. The minimum Gasteiger partial charge on any atom is -0.481 e. The van der Waals surface area contributed by atoms with Crippen LogP contribution in [-0.4, -0.2) is 33.6 Å². The van der Waals surface area contributed by atoms with Gasteiger partial charge in [-0.05, 0) is 36.6 Å². The first-order chi connectivity index (χ1) is 12.9. The van der Waals surface area contributed by atoms with E-state index in [-0.39, 0.29) is 12.3 Å². The Labute approximate surface area is 161 Å². The van der Waals surface area contributed by atoms with Crippen LogP contribution in [0.5, 0.6) is 0 Å². The fourth-order valence-corrected chi connectivity index (χ4v) is 3.75. The molecule has 0 saturated carbocycles. The number of carbonyl (C=O) groups is 2. The molecule has 1 aliphatic heterocycles. The largest absolute Gasteiger partial charge is 0.481 e. The standard InChI is InChI=1S/C20H19N3O3S/c1-12-6-13(2)8-16(7-12)15-5-3-4-14(9-15)11-21-23-20-22-19(26)17(27-20)10-18(24)25/h3-9,11,17H,10H2,1-2H3,(H,24,25)(H,22,23,26). The maximum absolute atomic E-state index is 11.7.